The van der Waals surface area contributed by atoms with Gasteiger partial charge in [0.2, 0.25) is 0 Å². The summed E-state index contributed by atoms with van der Waals surface area (Å²) in [6.07, 6.45) is 1.70. The van der Waals surface area contributed by atoms with E-state index in [0.717, 1.165) is 27.8 Å². The number of urea groups is 1. The summed E-state index contributed by atoms with van der Waals surface area (Å²) in [4.78, 5) is 28.2. The first-order valence-electron chi connectivity index (χ1n) is 7.82. The molecule has 1 unspecified atom stereocenters. The van der Waals surface area contributed by atoms with Crippen LogP contribution in [0.15, 0.2) is 40.9 Å². The standard InChI is InChI=1S/C18H13BrCl2N2O2/c19-11-2-3-15-10(5-11)1-4-16(15)22-9-17(24)23(18(22)25)14-7-12(20)6-13(21)8-14/h2-3,5-8,16H,1,4,9H2. The van der Waals surface area contributed by atoms with E-state index in [0.29, 0.717) is 15.7 Å². The van der Waals surface area contributed by atoms with Crippen LogP contribution in [-0.4, -0.2) is 23.4 Å². The third-order valence-corrected chi connectivity index (χ3v) is 5.55. The summed E-state index contributed by atoms with van der Waals surface area (Å²) in [5.74, 6) is -0.270. The number of halogens is 3. The molecule has 1 atom stereocenters. The molecule has 2 aliphatic rings. The molecule has 0 saturated carbocycles. The Morgan fingerprint density at radius 2 is 1.76 bits per heavy atom. The number of carbonyl (C=O) groups is 2. The first-order chi connectivity index (χ1) is 11.9. The average molecular weight is 440 g/mol. The molecule has 4 rings (SSSR count). The number of imide groups is 1. The number of rotatable bonds is 2. The summed E-state index contributed by atoms with van der Waals surface area (Å²) < 4.78 is 1.02. The van der Waals surface area contributed by atoms with Gasteiger partial charge >= 0.3 is 6.03 Å². The van der Waals surface area contributed by atoms with Crippen molar-refractivity contribution in [3.8, 4) is 0 Å². The van der Waals surface area contributed by atoms with Crippen LogP contribution in [0.1, 0.15) is 23.6 Å². The number of hydrogen-bond donors (Lipinski definition) is 0. The van der Waals surface area contributed by atoms with E-state index < -0.39 is 0 Å². The zero-order valence-corrected chi connectivity index (χ0v) is 16.1. The predicted molar refractivity (Wildman–Crippen MR) is 101 cm³/mol. The zero-order chi connectivity index (χ0) is 17.7. The lowest BCUT2D eigenvalue weighted by molar-refractivity contribution is -0.116. The molecule has 2 aromatic rings. The van der Waals surface area contributed by atoms with Crippen LogP contribution >= 0.6 is 39.1 Å². The third-order valence-electron chi connectivity index (χ3n) is 4.62. The number of anilines is 1. The molecule has 1 heterocycles. The Labute approximate surface area is 163 Å². The van der Waals surface area contributed by atoms with Crippen molar-refractivity contribution in [3.05, 3.63) is 62.0 Å². The second-order valence-electron chi connectivity index (χ2n) is 6.16. The highest BCUT2D eigenvalue weighted by Crippen LogP contribution is 2.40. The number of fused-ring (bicyclic) bond motifs is 1. The highest BCUT2D eigenvalue weighted by Gasteiger charge is 2.43. The van der Waals surface area contributed by atoms with Gasteiger partial charge < -0.3 is 4.90 Å². The molecule has 1 aliphatic carbocycles. The van der Waals surface area contributed by atoms with Crippen molar-refractivity contribution in [2.45, 2.75) is 18.9 Å². The Bertz CT molecular complexity index is 882. The van der Waals surface area contributed by atoms with E-state index in [1.54, 1.807) is 23.1 Å². The predicted octanol–water partition coefficient (Wildman–Crippen LogP) is 5.21. The Morgan fingerprint density at radius 3 is 2.48 bits per heavy atom. The first-order valence-corrected chi connectivity index (χ1v) is 9.37. The van der Waals surface area contributed by atoms with Crippen molar-refractivity contribution in [2.75, 3.05) is 11.4 Å². The van der Waals surface area contributed by atoms with Gasteiger partial charge in [-0.25, -0.2) is 9.69 Å². The minimum absolute atomic E-state index is 0.0587. The van der Waals surface area contributed by atoms with Crippen LogP contribution in [0.4, 0.5) is 10.5 Å². The molecule has 128 valence electrons. The smallest absolute Gasteiger partial charge is 0.308 e. The van der Waals surface area contributed by atoms with Crippen molar-refractivity contribution in [3.63, 3.8) is 0 Å². The van der Waals surface area contributed by atoms with Gasteiger partial charge in [-0.05, 0) is 54.3 Å². The maximum Gasteiger partial charge on any atom is 0.332 e. The van der Waals surface area contributed by atoms with Crippen molar-refractivity contribution in [2.24, 2.45) is 0 Å². The number of amides is 3. The normalized spacial score (nSPS) is 19.7. The van der Waals surface area contributed by atoms with Crippen LogP contribution in [-0.2, 0) is 11.2 Å². The monoisotopic (exact) mass is 438 g/mol. The van der Waals surface area contributed by atoms with E-state index in [1.165, 1.54) is 5.56 Å². The fraction of sp³-hybridized carbons (Fsp3) is 0.222. The van der Waals surface area contributed by atoms with E-state index >= 15 is 0 Å². The number of hydrogen-bond acceptors (Lipinski definition) is 2. The molecule has 0 spiro atoms. The molecule has 3 amide bonds. The minimum Gasteiger partial charge on any atom is -0.308 e. The van der Waals surface area contributed by atoms with Crippen LogP contribution in [0.5, 0.6) is 0 Å². The lowest BCUT2D eigenvalue weighted by atomic mass is 10.1. The Hall–Kier alpha value is -1.56. The second-order valence-corrected chi connectivity index (χ2v) is 7.95. The molecule has 1 saturated heterocycles. The molecule has 0 N–H and O–H groups in total. The van der Waals surface area contributed by atoms with Gasteiger partial charge in [-0.15, -0.1) is 0 Å². The topological polar surface area (TPSA) is 40.6 Å². The SMILES string of the molecule is O=C1CN(C2CCc3cc(Br)ccc32)C(=O)N1c1cc(Cl)cc(Cl)c1. The van der Waals surface area contributed by atoms with Crippen molar-refractivity contribution < 1.29 is 9.59 Å². The van der Waals surface area contributed by atoms with Crippen molar-refractivity contribution in [1.29, 1.82) is 0 Å². The second kappa shape index (κ2) is 6.31. The van der Waals surface area contributed by atoms with Gasteiger partial charge in [0.15, 0.2) is 0 Å². The molecule has 1 aliphatic heterocycles. The first kappa shape index (κ1) is 16.9. The Balaban J connectivity index is 1.67. The average Bonchev–Trinajstić information content (AvgIpc) is 3.06. The van der Waals surface area contributed by atoms with Gasteiger partial charge in [-0.3, -0.25) is 4.79 Å². The summed E-state index contributed by atoms with van der Waals surface area (Å²) in [6, 6.07) is 10.4. The Morgan fingerprint density at radius 1 is 1.04 bits per heavy atom. The summed E-state index contributed by atoms with van der Waals surface area (Å²) in [7, 11) is 0. The summed E-state index contributed by atoms with van der Waals surface area (Å²) >= 11 is 15.5. The van der Waals surface area contributed by atoms with Crippen LogP contribution in [0.3, 0.4) is 0 Å². The van der Waals surface area contributed by atoms with Crippen LogP contribution < -0.4 is 4.90 Å². The molecule has 1 fully saturated rings. The van der Waals surface area contributed by atoms with Gasteiger partial charge in [0.25, 0.3) is 5.91 Å². The molecular weight excluding hydrogens is 427 g/mol. The van der Waals surface area contributed by atoms with Gasteiger partial charge in [-0.2, -0.15) is 0 Å². The third kappa shape index (κ3) is 2.94. The molecule has 4 nitrogen and oxygen atoms in total. The van der Waals surface area contributed by atoms with Gasteiger partial charge in [-0.1, -0.05) is 45.2 Å². The highest BCUT2D eigenvalue weighted by molar-refractivity contribution is 9.10. The number of benzene rings is 2. The lowest BCUT2D eigenvalue weighted by Crippen LogP contribution is -2.34. The molecule has 0 bridgehead atoms. The van der Waals surface area contributed by atoms with E-state index in [9.17, 15) is 9.59 Å². The summed E-state index contributed by atoms with van der Waals surface area (Å²) in [6.45, 7) is 0.0587. The van der Waals surface area contributed by atoms with Crippen LogP contribution in [0.25, 0.3) is 0 Å². The van der Waals surface area contributed by atoms with Gasteiger partial charge in [0.05, 0.1) is 11.7 Å². The van der Waals surface area contributed by atoms with E-state index in [-0.39, 0.29) is 24.5 Å². The van der Waals surface area contributed by atoms with Gasteiger partial charge in [0.1, 0.15) is 6.54 Å². The van der Waals surface area contributed by atoms with Crippen LogP contribution in [0.2, 0.25) is 10.0 Å². The zero-order valence-electron chi connectivity index (χ0n) is 13.0. The minimum atomic E-state index is -0.330. The largest absolute Gasteiger partial charge is 0.332 e. The summed E-state index contributed by atoms with van der Waals surface area (Å²) in [5.41, 5.74) is 2.73. The fourth-order valence-electron chi connectivity index (χ4n) is 3.57. The number of nitrogens with zero attached hydrogens (tertiary/aromatic N) is 2. The van der Waals surface area contributed by atoms with Gasteiger partial charge in [0, 0.05) is 14.5 Å². The number of carbonyl (C=O) groups excluding carboxylic acids is 2. The lowest BCUT2D eigenvalue weighted by Gasteiger charge is -2.24. The molecule has 7 heteroatoms. The highest BCUT2D eigenvalue weighted by atomic mass is 79.9. The maximum atomic E-state index is 12.9. The van der Waals surface area contributed by atoms with E-state index in [2.05, 4.69) is 22.0 Å². The van der Waals surface area contributed by atoms with Crippen molar-refractivity contribution >= 4 is 56.8 Å². The van der Waals surface area contributed by atoms with E-state index in [4.69, 9.17) is 23.2 Å². The summed E-state index contributed by atoms with van der Waals surface area (Å²) in [5, 5.41) is 0.773. The molecule has 25 heavy (non-hydrogen) atoms. The molecular formula is C18H13BrCl2N2O2. The fourth-order valence-corrected chi connectivity index (χ4v) is 4.50. The molecule has 0 aromatic heterocycles. The number of aryl methyl sites for hydroxylation is 1. The Kier molecular flexibility index (Phi) is 4.26. The quantitative estimate of drug-likeness (QED) is 0.602. The van der Waals surface area contributed by atoms with Crippen molar-refractivity contribution in [1.82, 2.24) is 4.90 Å². The van der Waals surface area contributed by atoms with Crippen LogP contribution in [0, 0.1) is 0 Å². The maximum absolute atomic E-state index is 12.9. The molecule has 0 radical (unpaired) electrons. The van der Waals surface area contributed by atoms with E-state index in [1.807, 2.05) is 12.1 Å². The molecule has 2 aromatic carbocycles.